The number of esters is 1. The zero-order chi connectivity index (χ0) is 20.7. The van der Waals surface area contributed by atoms with E-state index in [0.29, 0.717) is 13.2 Å². The molecule has 1 heterocycles. The van der Waals surface area contributed by atoms with Gasteiger partial charge in [0, 0.05) is 19.6 Å². The number of carbonyl (C=O) groups excluding carboxylic acids is 2. The quantitative estimate of drug-likeness (QED) is 0.491. The van der Waals surface area contributed by atoms with Gasteiger partial charge >= 0.3 is 5.97 Å². The fourth-order valence-electron chi connectivity index (χ4n) is 2.54. The van der Waals surface area contributed by atoms with Gasteiger partial charge in [0.2, 0.25) is 10.0 Å². The molecule has 1 saturated heterocycles. The summed E-state index contributed by atoms with van der Waals surface area (Å²) in [5.74, 6) is -1.22. The molecule has 2 rings (SSSR count). The molecule has 0 bridgehead atoms. The minimum atomic E-state index is -3.80. The minimum Gasteiger partial charge on any atom is -0.496 e. The van der Waals surface area contributed by atoms with Crippen LogP contribution in [0, 0.1) is 0 Å². The van der Waals surface area contributed by atoms with E-state index in [2.05, 4.69) is 11.9 Å². The third-order valence-electron chi connectivity index (χ3n) is 4.07. The number of benzene rings is 1. The molecule has 154 valence electrons. The summed E-state index contributed by atoms with van der Waals surface area (Å²) in [5.41, 5.74) is -0.0831. The number of morpholine rings is 1. The average Bonchev–Trinajstić information content (AvgIpc) is 2.71. The first-order chi connectivity index (χ1) is 13.3. The molecule has 1 aliphatic rings. The van der Waals surface area contributed by atoms with Gasteiger partial charge in [-0.25, -0.2) is 13.2 Å². The van der Waals surface area contributed by atoms with Gasteiger partial charge in [0.15, 0.2) is 6.10 Å². The Balaban J connectivity index is 2.25. The molecule has 0 radical (unpaired) electrons. The Bertz CT molecular complexity index is 832. The lowest BCUT2D eigenvalue weighted by Gasteiger charge is -2.26. The number of amides is 1. The van der Waals surface area contributed by atoms with E-state index in [1.807, 2.05) is 0 Å². The summed E-state index contributed by atoms with van der Waals surface area (Å²) >= 11 is 0. The molecule has 0 aliphatic carbocycles. The zero-order valence-electron chi connectivity index (χ0n) is 15.8. The van der Waals surface area contributed by atoms with E-state index in [-0.39, 0.29) is 35.8 Å². The number of carbonyl (C=O) groups is 2. The highest BCUT2D eigenvalue weighted by Gasteiger charge is 2.29. The van der Waals surface area contributed by atoms with Crippen molar-refractivity contribution in [1.29, 1.82) is 0 Å². The van der Waals surface area contributed by atoms with Gasteiger partial charge < -0.3 is 19.5 Å². The predicted octanol–water partition coefficient (Wildman–Crippen LogP) is 0.564. The Morgan fingerprint density at radius 1 is 1.36 bits per heavy atom. The second kappa shape index (κ2) is 9.67. The normalized spacial score (nSPS) is 16.1. The van der Waals surface area contributed by atoms with Crippen LogP contribution in [0.1, 0.15) is 17.3 Å². The summed E-state index contributed by atoms with van der Waals surface area (Å²) in [7, 11) is -2.45. The molecule has 1 N–H and O–H groups in total. The van der Waals surface area contributed by atoms with Crippen molar-refractivity contribution in [3.8, 4) is 5.75 Å². The van der Waals surface area contributed by atoms with Gasteiger partial charge in [0.25, 0.3) is 5.91 Å². The molecule has 0 spiro atoms. The van der Waals surface area contributed by atoms with Gasteiger partial charge in [-0.05, 0) is 25.1 Å². The number of ether oxygens (including phenoxy) is 3. The number of nitrogens with one attached hydrogen (secondary N) is 1. The summed E-state index contributed by atoms with van der Waals surface area (Å²) < 4.78 is 42.4. The van der Waals surface area contributed by atoms with Crippen molar-refractivity contribution in [2.75, 3.05) is 40.0 Å². The Morgan fingerprint density at radius 3 is 2.64 bits per heavy atom. The van der Waals surface area contributed by atoms with Crippen LogP contribution in [-0.2, 0) is 24.3 Å². The Labute approximate surface area is 164 Å². The highest BCUT2D eigenvalue weighted by atomic mass is 32.2. The van der Waals surface area contributed by atoms with Gasteiger partial charge in [0.1, 0.15) is 11.3 Å². The second-order valence-corrected chi connectivity index (χ2v) is 7.90. The van der Waals surface area contributed by atoms with Crippen molar-refractivity contribution >= 4 is 21.9 Å². The lowest BCUT2D eigenvalue weighted by atomic mass is 10.2. The van der Waals surface area contributed by atoms with E-state index in [1.54, 1.807) is 0 Å². The molecule has 1 aromatic carbocycles. The van der Waals surface area contributed by atoms with Crippen molar-refractivity contribution in [1.82, 2.24) is 9.62 Å². The molecular weight excluding hydrogens is 388 g/mol. The molecule has 10 heteroatoms. The number of sulfonamides is 1. The maximum absolute atomic E-state index is 12.8. The summed E-state index contributed by atoms with van der Waals surface area (Å²) in [4.78, 5) is 24.3. The third-order valence-corrected chi connectivity index (χ3v) is 5.97. The number of methoxy groups -OCH3 is 1. The number of rotatable bonds is 8. The molecule has 1 atom stereocenters. The van der Waals surface area contributed by atoms with Crippen molar-refractivity contribution in [2.24, 2.45) is 0 Å². The first-order valence-electron chi connectivity index (χ1n) is 8.66. The standard InChI is InChI=1S/C18H24N2O7S/c1-4-7-19-17(21)13(2)27-18(22)15-12-14(5-6-16(15)25-3)28(23,24)20-8-10-26-11-9-20/h4-6,12-13H,1,7-11H2,2-3H3,(H,19,21)/t13-/m1/s1. The minimum absolute atomic E-state index is 0.0640. The molecule has 0 aromatic heterocycles. The van der Waals surface area contributed by atoms with Gasteiger partial charge in [-0.1, -0.05) is 6.08 Å². The summed E-state index contributed by atoms with van der Waals surface area (Å²) in [6, 6.07) is 3.94. The largest absolute Gasteiger partial charge is 0.496 e. The first kappa shape index (κ1) is 21.9. The van der Waals surface area contributed by atoms with Gasteiger partial charge in [-0.2, -0.15) is 4.31 Å². The van der Waals surface area contributed by atoms with Crippen molar-refractivity contribution in [3.05, 3.63) is 36.4 Å². The zero-order valence-corrected chi connectivity index (χ0v) is 16.7. The number of nitrogens with zero attached hydrogens (tertiary/aromatic N) is 1. The monoisotopic (exact) mass is 412 g/mol. The second-order valence-electron chi connectivity index (χ2n) is 5.96. The lowest BCUT2D eigenvalue weighted by molar-refractivity contribution is -0.128. The van der Waals surface area contributed by atoms with Crippen molar-refractivity contribution in [2.45, 2.75) is 17.9 Å². The van der Waals surface area contributed by atoms with Crippen LogP contribution in [0.5, 0.6) is 5.75 Å². The Kier molecular flexibility index (Phi) is 7.55. The van der Waals surface area contributed by atoms with Crippen LogP contribution in [0.2, 0.25) is 0 Å². The molecule has 28 heavy (non-hydrogen) atoms. The Hall–Kier alpha value is -2.43. The van der Waals surface area contributed by atoms with Crippen molar-refractivity contribution in [3.63, 3.8) is 0 Å². The van der Waals surface area contributed by atoms with E-state index in [0.717, 1.165) is 0 Å². The van der Waals surface area contributed by atoms with E-state index in [9.17, 15) is 18.0 Å². The molecule has 1 amide bonds. The third kappa shape index (κ3) is 5.09. The molecule has 0 unspecified atom stereocenters. The van der Waals surface area contributed by atoms with Crippen LogP contribution in [0.15, 0.2) is 35.7 Å². The van der Waals surface area contributed by atoms with E-state index >= 15 is 0 Å². The molecular formula is C18H24N2O7S. The van der Waals surface area contributed by atoms with Crippen LogP contribution in [0.3, 0.4) is 0 Å². The SMILES string of the molecule is C=CCNC(=O)[C@@H](C)OC(=O)c1cc(S(=O)(=O)N2CCOCC2)ccc1OC. The summed E-state index contributed by atoms with van der Waals surface area (Å²) in [6.07, 6.45) is 0.423. The number of hydrogen-bond acceptors (Lipinski definition) is 7. The highest BCUT2D eigenvalue weighted by molar-refractivity contribution is 7.89. The van der Waals surface area contributed by atoms with Crippen molar-refractivity contribution < 1.29 is 32.2 Å². The molecule has 9 nitrogen and oxygen atoms in total. The van der Waals surface area contributed by atoms with Crippen LogP contribution < -0.4 is 10.1 Å². The summed E-state index contributed by atoms with van der Waals surface area (Å²) in [6.45, 7) is 6.21. The van der Waals surface area contributed by atoms with Crippen LogP contribution in [0.4, 0.5) is 0 Å². The molecule has 0 saturated carbocycles. The molecule has 1 fully saturated rings. The van der Waals surface area contributed by atoms with Crippen LogP contribution in [-0.4, -0.2) is 70.7 Å². The number of hydrogen-bond donors (Lipinski definition) is 1. The highest BCUT2D eigenvalue weighted by Crippen LogP contribution is 2.26. The van der Waals surface area contributed by atoms with Gasteiger partial charge in [-0.3, -0.25) is 4.79 Å². The first-order valence-corrected chi connectivity index (χ1v) is 10.1. The van der Waals surface area contributed by atoms with E-state index < -0.39 is 28.0 Å². The van der Waals surface area contributed by atoms with Crippen LogP contribution >= 0.6 is 0 Å². The maximum Gasteiger partial charge on any atom is 0.342 e. The smallest absolute Gasteiger partial charge is 0.342 e. The predicted molar refractivity (Wildman–Crippen MR) is 101 cm³/mol. The fourth-order valence-corrected chi connectivity index (χ4v) is 3.97. The maximum atomic E-state index is 12.8. The van der Waals surface area contributed by atoms with E-state index in [1.165, 1.54) is 42.6 Å². The lowest BCUT2D eigenvalue weighted by Crippen LogP contribution is -2.40. The topological polar surface area (TPSA) is 111 Å². The van der Waals surface area contributed by atoms with Gasteiger partial charge in [-0.15, -0.1) is 6.58 Å². The van der Waals surface area contributed by atoms with Gasteiger partial charge in [0.05, 0.1) is 25.2 Å². The fraction of sp³-hybridized carbons (Fsp3) is 0.444. The summed E-state index contributed by atoms with van der Waals surface area (Å²) in [5, 5.41) is 2.52. The molecule has 1 aromatic rings. The molecule has 1 aliphatic heterocycles. The Morgan fingerprint density at radius 2 is 2.04 bits per heavy atom. The average molecular weight is 412 g/mol. The van der Waals surface area contributed by atoms with Crippen LogP contribution in [0.25, 0.3) is 0 Å². The van der Waals surface area contributed by atoms with E-state index in [4.69, 9.17) is 14.2 Å².